The molecule has 10 heteroatoms. The van der Waals surface area contributed by atoms with Crippen LogP contribution in [0.3, 0.4) is 0 Å². The van der Waals surface area contributed by atoms with Crippen molar-refractivity contribution in [3.63, 3.8) is 0 Å². The summed E-state index contributed by atoms with van der Waals surface area (Å²) < 4.78 is 51.8. The zero-order chi connectivity index (χ0) is 24.2. The van der Waals surface area contributed by atoms with E-state index < -0.39 is 17.9 Å². The number of carbonyl (C=O) groups excluding carboxylic acids is 1. The lowest BCUT2D eigenvalue weighted by Gasteiger charge is -2.34. The first-order chi connectivity index (χ1) is 15.5. The zero-order valence-electron chi connectivity index (χ0n) is 18.8. The molecule has 0 unspecified atom stereocenters. The quantitative estimate of drug-likeness (QED) is 0.463. The van der Waals surface area contributed by atoms with E-state index in [1.807, 2.05) is 6.07 Å². The van der Waals surface area contributed by atoms with Gasteiger partial charge in [-0.15, -0.1) is 0 Å². The number of halogens is 4. The van der Waals surface area contributed by atoms with Gasteiger partial charge in [-0.25, -0.2) is 27.1 Å². The van der Waals surface area contributed by atoms with Crippen molar-refractivity contribution < 1.29 is 22.4 Å². The van der Waals surface area contributed by atoms with Gasteiger partial charge in [0.15, 0.2) is 5.65 Å². The van der Waals surface area contributed by atoms with E-state index in [0.717, 1.165) is 17.6 Å². The summed E-state index contributed by atoms with van der Waals surface area (Å²) in [5.41, 5.74) is 8.38. The first kappa shape index (κ1) is 25.1. The summed E-state index contributed by atoms with van der Waals surface area (Å²) in [5.74, 6) is -5.46. The van der Waals surface area contributed by atoms with Crippen molar-refractivity contribution in [2.75, 3.05) is 0 Å². The number of hydrogen-bond acceptors (Lipinski definition) is 4. The molecule has 2 aliphatic rings. The molecule has 0 aromatic carbocycles. The van der Waals surface area contributed by atoms with Crippen molar-refractivity contribution in [2.45, 2.75) is 82.7 Å². The van der Waals surface area contributed by atoms with Crippen LogP contribution in [0.5, 0.6) is 0 Å². The molecular weight excluding hydrogens is 438 g/mol. The van der Waals surface area contributed by atoms with Crippen molar-refractivity contribution in [3.05, 3.63) is 41.9 Å². The Bertz CT molecular complexity index is 974. The molecule has 0 aliphatic heterocycles. The lowest BCUT2D eigenvalue weighted by Crippen LogP contribution is -2.39. The Balaban J connectivity index is 0.000000323. The van der Waals surface area contributed by atoms with E-state index in [1.54, 1.807) is 23.8 Å². The van der Waals surface area contributed by atoms with E-state index in [9.17, 15) is 22.4 Å². The summed E-state index contributed by atoms with van der Waals surface area (Å²) in [4.78, 5) is 16.6. The van der Waals surface area contributed by atoms with Crippen LogP contribution in [0.2, 0.25) is 0 Å². The average molecular weight is 470 g/mol. The van der Waals surface area contributed by atoms with Crippen LogP contribution in [-0.4, -0.2) is 32.4 Å². The predicted molar refractivity (Wildman–Crippen MR) is 117 cm³/mol. The van der Waals surface area contributed by atoms with Gasteiger partial charge >= 0.3 is 0 Å². The maximum absolute atomic E-state index is 12.9. The van der Waals surface area contributed by atoms with E-state index in [2.05, 4.69) is 22.0 Å². The van der Waals surface area contributed by atoms with E-state index in [4.69, 9.17) is 5.73 Å². The van der Waals surface area contributed by atoms with Crippen LogP contribution in [-0.2, 0) is 11.3 Å². The van der Waals surface area contributed by atoms with Crippen LogP contribution < -0.4 is 11.1 Å². The van der Waals surface area contributed by atoms with Crippen LogP contribution in [0.4, 0.5) is 17.6 Å². The first-order valence-corrected chi connectivity index (χ1v) is 11.2. The van der Waals surface area contributed by atoms with Gasteiger partial charge in [0.2, 0.25) is 17.8 Å². The average Bonchev–Trinajstić information content (AvgIpc) is 3.13. The molecule has 0 bridgehead atoms. The van der Waals surface area contributed by atoms with Crippen LogP contribution in [0.1, 0.15) is 75.6 Å². The van der Waals surface area contributed by atoms with E-state index in [-0.39, 0.29) is 43.9 Å². The van der Waals surface area contributed by atoms with Gasteiger partial charge in [0, 0.05) is 44.2 Å². The third-order valence-corrected chi connectivity index (χ3v) is 5.97. The van der Waals surface area contributed by atoms with Crippen LogP contribution in [0, 0.1) is 5.92 Å². The molecule has 0 saturated heterocycles. The van der Waals surface area contributed by atoms with Crippen LogP contribution in [0.15, 0.2) is 30.6 Å². The van der Waals surface area contributed by atoms with Crippen LogP contribution in [0.25, 0.3) is 5.65 Å². The normalized spacial score (nSPS) is 20.3. The molecule has 0 spiro atoms. The second-order valence-electron chi connectivity index (χ2n) is 9.13. The maximum atomic E-state index is 12.9. The van der Waals surface area contributed by atoms with Crippen molar-refractivity contribution >= 4 is 11.6 Å². The van der Waals surface area contributed by atoms with Crippen LogP contribution >= 0.6 is 0 Å². The van der Waals surface area contributed by atoms with Gasteiger partial charge in [-0.2, -0.15) is 5.10 Å². The third kappa shape index (κ3) is 6.99. The highest BCUT2D eigenvalue weighted by atomic mass is 19.3. The standard InChI is InChI=1S/C17H21F2N5O.C6H10F2/c1-10(2)16(23-15(25)3-11-5-17(18,19)6-11)12-4-14-22-13(7-20)9-24(14)21-8-12;7-6(8)4-2-1-3-5-6/h4,8-9,11,16H,1,3,5-7,20H2,2H3,(H,23,25);1-5H2/t16-;/m0./s1. The summed E-state index contributed by atoms with van der Waals surface area (Å²) in [5, 5.41) is 7.13. The lowest BCUT2D eigenvalue weighted by atomic mass is 9.79. The second kappa shape index (κ2) is 10.2. The minimum absolute atomic E-state index is 0.0930. The van der Waals surface area contributed by atoms with Gasteiger partial charge in [-0.3, -0.25) is 4.79 Å². The smallest absolute Gasteiger partial charge is 0.248 e. The molecule has 3 N–H and O–H groups in total. The van der Waals surface area contributed by atoms with Gasteiger partial charge in [-0.05, 0) is 31.7 Å². The largest absolute Gasteiger partial charge is 0.345 e. The van der Waals surface area contributed by atoms with Gasteiger partial charge < -0.3 is 11.1 Å². The molecule has 2 fully saturated rings. The highest BCUT2D eigenvalue weighted by Gasteiger charge is 2.45. The van der Waals surface area contributed by atoms with Gasteiger partial charge in [0.1, 0.15) is 0 Å². The fourth-order valence-electron chi connectivity index (χ4n) is 4.17. The number of fused-ring (bicyclic) bond motifs is 1. The topological polar surface area (TPSA) is 85.3 Å². The molecule has 0 radical (unpaired) electrons. The highest BCUT2D eigenvalue weighted by molar-refractivity contribution is 5.77. The Morgan fingerprint density at radius 2 is 1.91 bits per heavy atom. The molecule has 2 aromatic rings. The molecule has 2 heterocycles. The molecule has 4 rings (SSSR count). The van der Waals surface area contributed by atoms with Gasteiger partial charge in [-0.1, -0.05) is 18.6 Å². The molecule has 6 nitrogen and oxygen atoms in total. The number of carbonyl (C=O) groups is 1. The lowest BCUT2D eigenvalue weighted by molar-refractivity contribution is -0.134. The molecule has 1 amide bonds. The number of nitrogens with two attached hydrogens (primary N) is 1. The Morgan fingerprint density at radius 3 is 2.42 bits per heavy atom. The summed E-state index contributed by atoms with van der Waals surface area (Å²) in [6, 6.07) is 1.37. The molecule has 33 heavy (non-hydrogen) atoms. The van der Waals surface area contributed by atoms with E-state index >= 15 is 0 Å². The van der Waals surface area contributed by atoms with Crippen molar-refractivity contribution in [1.29, 1.82) is 0 Å². The Kier molecular flexibility index (Phi) is 7.76. The number of amides is 1. The van der Waals surface area contributed by atoms with Gasteiger partial charge in [0.05, 0.1) is 24.1 Å². The zero-order valence-corrected chi connectivity index (χ0v) is 18.8. The molecule has 2 aromatic heterocycles. The third-order valence-electron chi connectivity index (χ3n) is 5.97. The van der Waals surface area contributed by atoms with Gasteiger partial charge in [0.25, 0.3) is 0 Å². The maximum Gasteiger partial charge on any atom is 0.248 e. The molecule has 1 atom stereocenters. The SMILES string of the molecule is C=C(C)[C@H](NC(=O)CC1CC(F)(F)C1)c1cnn2cc(CN)nc2c1.FC1(F)CCCCC1. The summed E-state index contributed by atoms with van der Waals surface area (Å²) in [7, 11) is 0. The molecule has 2 saturated carbocycles. The second-order valence-corrected chi connectivity index (χ2v) is 9.13. The first-order valence-electron chi connectivity index (χ1n) is 11.2. The summed E-state index contributed by atoms with van der Waals surface area (Å²) in [6.45, 7) is 6.02. The number of hydrogen-bond donors (Lipinski definition) is 2. The number of alkyl halides is 4. The van der Waals surface area contributed by atoms with E-state index in [0.29, 0.717) is 30.7 Å². The number of imidazole rings is 1. The number of nitrogens with one attached hydrogen (secondary N) is 1. The minimum Gasteiger partial charge on any atom is -0.345 e. The Hall–Kier alpha value is -2.49. The summed E-state index contributed by atoms with van der Waals surface area (Å²) in [6.07, 6.45) is 5.69. The van der Waals surface area contributed by atoms with Crippen molar-refractivity contribution in [2.24, 2.45) is 11.7 Å². The summed E-state index contributed by atoms with van der Waals surface area (Å²) >= 11 is 0. The monoisotopic (exact) mass is 469 g/mol. The predicted octanol–water partition coefficient (Wildman–Crippen LogP) is 4.94. The number of nitrogens with zero attached hydrogens (tertiary/aromatic N) is 3. The fraction of sp³-hybridized carbons (Fsp3) is 0.609. The molecular formula is C23H31F4N5O. The highest BCUT2D eigenvalue weighted by Crippen LogP contribution is 2.44. The van der Waals surface area contributed by atoms with E-state index in [1.165, 1.54) is 0 Å². The van der Waals surface area contributed by atoms with Crippen molar-refractivity contribution in [1.82, 2.24) is 19.9 Å². The molecule has 182 valence electrons. The molecule has 2 aliphatic carbocycles. The number of rotatable bonds is 6. The van der Waals surface area contributed by atoms with Crippen molar-refractivity contribution in [3.8, 4) is 0 Å². The number of aromatic nitrogens is 3. The Morgan fingerprint density at radius 1 is 1.24 bits per heavy atom. The minimum atomic E-state index is -2.62. The Labute approximate surface area is 190 Å². The fourth-order valence-corrected chi connectivity index (χ4v) is 4.17.